The Hall–Kier alpha value is -3.00. The number of carboxylic acids is 1. The summed E-state index contributed by atoms with van der Waals surface area (Å²) in [4.78, 5) is 34.0. The highest BCUT2D eigenvalue weighted by molar-refractivity contribution is 5.92. The standard InChI is InChI=1S/C24H34N4O4/c1-4-6-7-8-9-13-25-24(31)28(3)20-12-10-11-19(15-20)22-26-16-18(17-27-22)14-21(23(29)30)32-5-2/h10-12,15-17,21H,4-9,13-14H2,1-3H3,(H,25,31)(H,29,30). The summed E-state index contributed by atoms with van der Waals surface area (Å²) >= 11 is 0. The molecule has 1 heterocycles. The van der Waals surface area contributed by atoms with E-state index < -0.39 is 12.1 Å². The number of unbranched alkanes of at least 4 members (excludes halogenated alkanes) is 4. The summed E-state index contributed by atoms with van der Waals surface area (Å²) in [6.45, 7) is 4.92. The number of hydrogen-bond acceptors (Lipinski definition) is 5. The number of hydrogen-bond donors (Lipinski definition) is 2. The molecule has 8 heteroatoms. The summed E-state index contributed by atoms with van der Waals surface area (Å²) in [6, 6.07) is 7.29. The van der Waals surface area contributed by atoms with Crippen molar-refractivity contribution in [1.82, 2.24) is 15.3 Å². The van der Waals surface area contributed by atoms with Crippen LogP contribution in [0.5, 0.6) is 0 Å². The Balaban J connectivity index is 1.98. The normalized spacial score (nSPS) is 11.7. The molecule has 1 unspecified atom stereocenters. The molecule has 0 aliphatic rings. The fraction of sp³-hybridized carbons (Fsp3) is 0.500. The van der Waals surface area contributed by atoms with Gasteiger partial charge in [0.1, 0.15) is 0 Å². The maximum Gasteiger partial charge on any atom is 0.333 e. The molecule has 8 nitrogen and oxygen atoms in total. The van der Waals surface area contributed by atoms with Crippen molar-refractivity contribution in [3.05, 3.63) is 42.2 Å². The van der Waals surface area contributed by atoms with E-state index in [1.807, 2.05) is 24.3 Å². The van der Waals surface area contributed by atoms with Crippen molar-refractivity contribution < 1.29 is 19.4 Å². The predicted octanol–water partition coefficient (Wildman–Crippen LogP) is 4.29. The average molecular weight is 443 g/mol. The number of carboxylic acid groups (broad SMARTS) is 1. The number of nitrogens with one attached hydrogen (secondary N) is 1. The molecule has 2 N–H and O–H groups in total. The summed E-state index contributed by atoms with van der Waals surface area (Å²) in [6.07, 6.45) is 8.24. The molecular formula is C24H34N4O4. The monoisotopic (exact) mass is 442 g/mol. The molecule has 0 fully saturated rings. The Morgan fingerprint density at radius 2 is 1.84 bits per heavy atom. The minimum atomic E-state index is -1.01. The molecule has 0 saturated carbocycles. The molecule has 2 amide bonds. The van der Waals surface area contributed by atoms with Crippen molar-refractivity contribution in [3.63, 3.8) is 0 Å². The second-order valence-electron chi connectivity index (χ2n) is 7.66. The average Bonchev–Trinajstić information content (AvgIpc) is 2.81. The van der Waals surface area contributed by atoms with Gasteiger partial charge in [0.25, 0.3) is 0 Å². The van der Waals surface area contributed by atoms with E-state index in [1.165, 1.54) is 19.3 Å². The lowest BCUT2D eigenvalue weighted by Crippen LogP contribution is -2.37. The van der Waals surface area contributed by atoms with E-state index in [0.29, 0.717) is 24.5 Å². The molecule has 1 atom stereocenters. The molecular weight excluding hydrogens is 408 g/mol. The minimum absolute atomic E-state index is 0.149. The highest BCUT2D eigenvalue weighted by Gasteiger charge is 2.18. The fourth-order valence-electron chi connectivity index (χ4n) is 3.26. The molecule has 0 aliphatic heterocycles. The van der Waals surface area contributed by atoms with E-state index >= 15 is 0 Å². The maximum atomic E-state index is 12.5. The maximum absolute atomic E-state index is 12.5. The SMILES string of the molecule is CCCCCCCNC(=O)N(C)c1cccc(-c2ncc(CC(OCC)C(=O)O)cn2)c1. The first-order valence-corrected chi connectivity index (χ1v) is 11.2. The van der Waals surface area contributed by atoms with Crippen LogP contribution in [0.2, 0.25) is 0 Å². The zero-order valence-corrected chi connectivity index (χ0v) is 19.2. The van der Waals surface area contributed by atoms with Crippen molar-refractivity contribution in [3.8, 4) is 11.4 Å². The molecule has 0 radical (unpaired) electrons. The third-order valence-electron chi connectivity index (χ3n) is 5.12. The summed E-state index contributed by atoms with van der Waals surface area (Å²) in [5.74, 6) is -0.505. The molecule has 0 bridgehead atoms. The van der Waals surface area contributed by atoms with E-state index in [0.717, 1.165) is 24.1 Å². The van der Waals surface area contributed by atoms with Crippen molar-refractivity contribution in [2.45, 2.75) is 58.5 Å². The van der Waals surface area contributed by atoms with Crippen LogP contribution in [0.15, 0.2) is 36.7 Å². The third-order valence-corrected chi connectivity index (χ3v) is 5.12. The van der Waals surface area contributed by atoms with Crippen LogP contribution in [0, 0.1) is 0 Å². The summed E-state index contributed by atoms with van der Waals surface area (Å²) in [7, 11) is 1.73. The van der Waals surface area contributed by atoms with Gasteiger partial charge in [-0.3, -0.25) is 4.90 Å². The number of amides is 2. The summed E-state index contributed by atoms with van der Waals surface area (Å²) in [5.41, 5.74) is 2.19. The van der Waals surface area contributed by atoms with Crippen molar-refractivity contribution in [2.24, 2.45) is 0 Å². The largest absolute Gasteiger partial charge is 0.479 e. The van der Waals surface area contributed by atoms with Crippen LogP contribution < -0.4 is 10.2 Å². The van der Waals surface area contributed by atoms with Crippen LogP contribution in [-0.4, -0.2) is 53.4 Å². The van der Waals surface area contributed by atoms with E-state index in [1.54, 1.807) is 31.3 Å². The minimum Gasteiger partial charge on any atom is -0.479 e. The number of carbonyl (C=O) groups is 2. The van der Waals surface area contributed by atoms with Crippen LogP contribution in [0.4, 0.5) is 10.5 Å². The Labute approximate surface area is 190 Å². The smallest absolute Gasteiger partial charge is 0.333 e. The number of urea groups is 1. The van der Waals surface area contributed by atoms with Crippen molar-refractivity contribution in [2.75, 3.05) is 25.1 Å². The van der Waals surface area contributed by atoms with Crippen molar-refractivity contribution in [1.29, 1.82) is 0 Å². The van der Waals surface area contributed by atoms with Gasteiger partial charge in [-0.05, 0) is 31.0 Å². The lowest BCUT2D eigenvalue weighted by molar-refractivity contribution is -0.149. The molecule has 2 aromatic rings. The molecule has 0 spiro atoms. The van der Waals surface area contributed by atoms with Crippen molar-refractivity contribution >= 4 is 17.7 Å². The van der Waals surface area contributed by atoms with E-state index in [9.17, 15) is 14.7 Å². The zero-order chi connectivity index (χ0) is 23.3. The molecule has 2 rings (SSSR count). The lowest BCUT2D eigenvalue weighted by Gasteiger charge is -2.19. The number of rotatable bonds is 13. The van der Waals surface area contributed by atoms with Gasteiger partial charge in [-0.15, -0.1) is 0 Å². The number of carbonyl (C=O) groups excluding carboxylic acids is 1. The van der Waals surface area contributed by atoms with Gasteiger partial charge in [0.15, 0.2) is 11.9 Å². The van der Waals surface area contributed by atoms with Gasteiger partial charge in [0.2, 0.25) is 0 Å². The second-order valence-corrected chi connectivity index (χ2v) is 7.66. The predicted molar refractivity (Wildman–Crippen MR) is 125 cm³/mol. The number of benzene rings is 1. The number of ether oxygens (including phenoxy) is 1. The molecule has 0 aliphatic carbocycles. The third kappa shape index (κ3) is 7.92. The van der Waals surface area contributed by atoms with Crippen LogP contribution in [0.1, 0.15) is 51.5 Å². The van der Waals surface area contributed by atoms with Gasteiger partial charge in [-0.25, -0.2) is 19.6 Å². The highest BCUT2D eigenvalue weighted by atomic mass is 16.5. The van der Waals surface area contributed by atoms with E-state index in [4.69, 9.17) is 4.74 Å². The summed E-state index contributed by atoms with van der Waals surface area (Å²) in [5, 5.41) is 12.2. The molecule has 1 aromatic carbocycles. The first-order valence-electron chi connectivity index (χ1n) is 11.2. The fourth-order valence-corrected chi connectivity index (χ4v) is 3.26. The van der Waals surface area contributed by atoms with Gasteiger partial charge in [-0.2, -0.15) is 0 Å². The molecule has 0 saturated heterocycles. The molecule has 1 aromatic heterocycles. The Bertz CT molecular complexity index is 857. The van der Waals surface area contributed by atoms with Crippen LogP contribution in [0.3, 0.4) is 0 Å². The van der Waals surface area contributed by atoms with Gasteiger partial charge in [0.05, 0.1) is 0 Å². The zero-order valence-electron chi connectivity index (χ0n) is 19.2. The Morgan fingerprint density at radius 3 is 2.50 bits per heavy atom. The number of nitrogens with zero attached hydrogens (tertiary/aromatic N) is 3. The molecule has 32 heavy (non-hydrogen) atoms. The van der Waals surface area contributed by atoms with E-state index in [-0.39, 0.29) is 12.5 Å². The second kappa shape index (κ2) is 13.4. The lowest BCUT2D eigenvalue weighted by atomic mass is 10.1. The van der Waals surface area contributed by atoms with Gasteiger partial charge >= 0.3 is 12.0 Å². The van der Waals surface area contributed by atoms with E-state index in [2.05, 4.69) is 22.2 Å². The Kier molecular flexibility index (Phi) is 10.6. The number of aliphatic carboxylic acids is 1. The first kappa shape index (κ1) is 25.3. The number of anilines is 1. The molecule has 174 valence electrons. The van der Waals surface area contributed by atoms with Crippen LogP contribution in [0.25, 0.3) is 11.4 Å². The quantitative estimate of drug-likeness (QED) is 0.448. The highest BCUT2D eigenvalue weighted by Crippen LogP contribution is 2.22. The summed E-state index contributed by atoms with van der Waals surface area (Å²) < 4.78 is 5.24. The topological polar surface area (TPSA) is 105 Å². The van der Waals surface area contributed by atoms with Crippen LogP contribution in [-0.2, 0) is 16.0 Å². The van der Waals surface area contributed by atoms with Gasteiger partial charge in [-0.1, -0.05) is 44.7 Å². The first-order chi connectivity index (χ1) is 15.5. The van der Waals surface area contributed by atoms with Gasteiger partial charge < -0.3 is 15.2 Å². The van der Waals surface area contributed by atoms with Crippen LogP contribution >= 0.6 is 0 Å². The number of aromatic nitrogens is 2. The van der Waals surface area contributed by atoms with Gasteiger partial charge in [0, 0.05) is 50.3 Å². The Morgan fingerprint density at radius 1 is 1.12 bits per heavy atom.